The van der Waals surface area contributed by atoms with Crippen LogP contribution in [0.5, 0.6) is 0 Å². The molecule has 2 atom stereocenters. The van der Waals surface area contributed by atoms with Crippen molar-refractivity contribution in [3.63, 3.8) is 0 Å². The third-order valence-electron chi connectivity index (χ3n) is 3.42. The summed E-state index contributed by atoms with van der Waals surface area (Å²) in [5, 5.41) is 0. The Morgan fingerprint density at radius 3 is 2.28 bits per heavy atom. The van der Waals surface area contributed by atoms with Gasteiger partial charge in [0.05, 0.1) is 18.4 Å². The number of Topliss-reactive ketones (excluding diaryl/α,β-unsaturated/α-hetero) is 1. The van der Waals surface area contributed by atoms with Gasteiger partial charge in [0.1, 0.15) is 5.82 Å². The minimum absolute atomic E-state index is 0.196. The summed E-state index contributed by atoms with van der Waals surface area (Å²) >= 11 is 0. The van der Waals surface area contributed by atoms with Gasteiger partial charge in [0.25, 0.3) is 0 Å². The van der Waals surface area contributed by atoms with E-state index in [1.165, 1.54) is 24.3 Å². The summed E-state index contributed by atoms with van der Waals surface area (Å²) in [5.41, 5.74) is 0.303. The highest BCUT2D eigenvalue weighted by Crippen LogP contribution is 2.46. The summed E-state index contributed by atoms with van der Waals surface area (Å²) in [6.45, 7) is -0.240. The molecule has 0 spiro atoms. The number of carbonyl (C=O) groups excluding carboxylic acids is 3. The lowest BCUT2D eigenvalue weighted by Crippen LogP contribution is -2.37. The van der Waals surface area contributed by atoms with E-state index in [9.17, 15) is 18.8 Å². The number of benzene rings is 1. The van der Waals surface area contributed by atoms with Crippen LogP contribution in [0.4, 0.5) is 4.39 Å². The molecule has 1 aromatic carbocycles. The molecule has 0 radical (unpaired) electrons. The Labute approximate surface area is 102 Å². The van der Waals surface area contributed by atoms with E-state index in [0.717, 1.165) is 4.90 Å². The second-order valence-electron chi connectivity index (χ2n) is 4.64. The van der Waals surface area contributed by atoms with Gasteiger partial charge < -0.3 is 0 Å². The van der Waals surface area contributed by atoms with Crippen molar-refractivity contribution in [2.24, 2.45) is 11.8 Å². The van der Waals surface area contributed by atoms with E-state index in [1.54, 1.807) is 0 Å². The number of carbonyl (C=O) groups is 3. The zero-order chi connectivity index (χ0) is 12.9. The van der Waals surface area contributed by atoms with E-state index in [2.05, 4.69) is 0 Å². The van der Waals surface area contributed by atoms with Crippen molar-refractivity contribution in [2.45, 2.75) is 6.42 Å². The number of piperidine rings is 1. The molecular weight excluding hydrogens is 237 g/mol. The number of halogens is 1. The number of hydrogen-bond donors (Lipinski definition) is 0. The molecule has 2 amide bonds. The third kappa shape index (κ3) is 1.63. The van der Waals surface area contributed by atoms with Gasteiger partial charge in [-0.1, -0.05) is 0 Å². The van der Waals surface area contributed by atoms with E-state index < -0.39 is 5.82 Å². The van der Waals surface area contributed by atoms with Gasteiger partial charge >= 0.3 is 0 Å². The summed E-state index contributed by atoms with van der Waals surface area (Å²) in [6, 6.07) is 5.06. The van der Waals surface area contributed by atoms with Crippen LogP contribution in [0.25, 0.3) is 0 Å². The maximum atomic E-state index is 12.7. The van der Waals surface area contributed by atoms with Crippen LogP contribution in [0.1, 0.15) is 16.8 Å². The highest BCUT2D eigenvalue weighted by molar-refractivity contribution is 6.12. The fourth-order valence-corrected chi connectivity index (χ4v) is 2.28. The number of amides is 2. The number of fused-ring (bicyclic) bond motifs is 1. The first-order chi connectivity index (χ1) is 8.58. The van der Waals surface area contributed by atoms with Crippen molar-refractivity contribution in [3.8, 4) is 0 Å². The number of likely N-dealkylation sites (tertiary alicyclic amines) is 1. The van der Waals surface area contributed by atoms with Gasteiger partial charge in [-0.2, -0.15) is 0 Å². The van der Waals surface area contributed by atoms with Crippen molar-refractivity contribution in [3.05, 3.63) is 35.6 Å². The summed E-state index contributed by atoms with van der Waals surface area (Å²) < 4.78 is 12.7. The SMILES string of the molecule is O=C(CN1C(=O)[C@@H]2C[C@H]2C1=O)c1ccc(F)cc1. The fraction of sp³-hybridized carbons (Fsp3) is 0.308. The Balaban J connectivity index is 1.73. The van der Waals surface area contributed by atoms with Gasteiger partial charge in [0.2, 0.25) is 11.8 Å². The molecule has 1 aromatic rings. The van der Waals surface area contributed by atoms with Gasteiger partial charge in [-0.3, -0.25) is 19.3 Å². The van der Waals surface area contributed by atoms with Crippen LogP contribution >= 0.6 is 0 Å². The molecule has 0 N–H and O–H groups in total. The first-order valence-corrected chi connectivity index (χ1v) is 5.72. The molecule has 0 unspecified atom stereocenters. The van der Waals surface area contributed by atoms with Crippen LogP contribution in [-0.2, 0) is 9.59 Å². The van der Waals surface area contributed by atoms with E-state index in [0.29, 0.717) is 12.0 Å². The van der Waals surface area contributed by atoms with Gasteiger partial charge in [0.15, 0.2) is 5.78 Å². The lowest BCUT2D eigenvalue weighted by atomic mass is 10.1. The topological polar surface area (TPSA) is 54.5 Å². The first kappa shape index (κ1) is 11.1. The molecule has 1 aliphatic heterocycles. The number of ketones is 1. The van der Waals surface area contributed by atoms with Crippen molar-refractivity contribution < 1.29 is 18.8 Å². The molecule has 1 heterocycles. The van der Waals surface area contributed by atoms with Gasteiger partial charge in [-0.15, -0.1) is 0 Å². The van der Waals surface area contributed by atoms with Gasteiger partial charge in [-0.25, -0.2) is 4.39 Å². The van der Waals surface area contributed by atoms with Crippen molar-refractivity contribution in [1.29, 1.82) is 0 Å². The number of hydrogen-bond acceptors (Lipinski definition) is 3. The quantitative estimate of drug-likeness (QED) is 0.591. The lowest BCUT2D eigenvalue weighted by Gasteiger charge is -2.15. The summed E-state index contributed by atoms with van der Waals surface area (Å²) in [6.07, 6.45) is 0.624. The minimum Gasteiger partial charge on any atom is -0.292 e. The van der Waals surface area contributed by atoms with E-state index >= 15 is 0 Å². The number of imide groups is 1. The summed E-state index contributed by atoms with van der Waals surface area (Å²) in [5.74, 6) is -1.67. The minimum atomic E-state index is -0.430. The molecule has 2 aliphatic rings. The Morgan fingerprint density at radius 2 is 1.72 bits per heavy atom. The average molecular weight is 247 g/mol. The Morgan fingerprint density at radius 1 is 1.17 bits per heavy atom. The normalized spacial score (nSPS) is 25.3. The highest BCUT2D eigenvalue weighted by Gasteiger charge is 2.58. The Bertz CT molecular complexity index is 532. The van der Waals surface area contributed by atoms with E-state index in [-0.39, 0.29) is 36.0 Å². The van der Waals surface area contributed by atoms with E-state index in [1.807, 2.05) is 0 Å². The molecule has 92 valence electrons. The second-order valence-corrected chi connectivity index (χ2v) is 4.64. The van der Waals surface area contributed by atoms with Gasteiger partial charge in [-0.05, 0) is 30.7 Å². The second kappa shape index (κ2) is 3.73. The first-order valence-electron chi connectivity index (χ1n) is 5.72. The van der Waals surface area contributed by atoms with Crippen LogP contribution in [-0.4, -0.2) is 29.0 Å². The Hall–Kier alpha value is -2.04. The largest absolute Gasteiger partial charge is 0.292 e. The summed E-state index contributed by atoms with van der Waals surface area (Å²) in [7, 11) is 0. The maximum absolute atomic E-state index is 12.7. The molecule has 1 saturated carbocycles. The molecule has 4 nitrogen and oxygen atoms in total. The predicted molar refractivity (Wildman–Crippen MR) is 59.0 cm³/mol. The highest BCUT2D eigenvalue weighted by atomic mass is 19.1. The Kier molecular flexibility index (Phi) is 2.29. The van der Waals surface area contributed by atoms with Gasteiger partial charge in [0, 0.05) is 5.56 Å². The average Bonchev–Trinajstić information content (AvgIpc) is 3.10. The predicted octanol–water partition coefficient (Wildman–Crippen LogP) is 1.01. The molecule has 5 heteroatoms. The standard InChI is InChI=1S/C13H10FNO3/c14-8-3-1-7(2-4-8)11(16)6-15-12(17)9-5-10(9)13(15)18/h1-4,9-10H,5-6H2/t9-,10-/m1/s1. The van der Waals surface area contributed by atoms with Crippen LogP contribution in [0.2, 0.25) is 0 Å². The molecule has 2 fully saturated rings. The van der Waals surface area contributed by atoms with Crippen LogP contribution in [0.15, 0.2) is 24.3 Å². The van der Waals surface area contributed by atoms with Crippen LogP contribution in [0.3, 0.4) is 0 Å². The molecule has 3 rings (SSSR count). The zero-order valence-corrected chi connectivity index (χ0v) is 9.43. The molecular formula is C13H10FNO3. The van der Waals surface area contributed by atoms with Crippen molar-refractivity contribution >= 4 is 17.6 Å². The van der Waals surface area contributed by atoms with E-state index in [4.69, 9.17) is 0 Å². The zero-order valence-electron chi connectivity index (χ0n) is 9.43. The van der Waals surface area contributed by atoms with Crippen LogP contribution in [0, 0.1) is 17.7 Å². The monoisotopic (exact) mass is 247 g/mol. The molecule has 18 heavy (non-hydrogen) atoms. The summed E-state index contributed by atoms with van der Waals surface area (Å²) in [4.78, 5) is 36.2. The maximum Gasteiger partial charge on any atom is 0.233 e. The fourth-order valence-electron chi connectivity index (χ4n) is 2.28. The van der Waals surface area contributed by atoms with Crippen LogP contribution < -0.4 is 0 Å². The molecule has 1 aliphatic carbocycles. The smallest absolute Gasteiger partial charge is 0.233 e. The molecule has 0 aromatic heterocycles. The third-order valence-corrected chi connectivity index (χ3v) is 3.42. The number of rotatable bonds is 3. The molecule has 1 saturated heterocycles. The lowest BCUT2D eigenvalue weighted by molar-refractivity contribution is -0.140. The van der Waals surface area contributed by atoms with Crippen molar-refractivity contribution in [2.75, 3.05) is 6.54 Å². The van der Waals surface area contributed by atoms with Crippen molar-refractivity contribution in [1.82, 2.24) is 4.90 Å². The molecule has 0 bridgehead atoms. The number of nitrogens with zero attached hydrogens (tertiary/aromatic N) is 1.